The third-order valence-corrected chi connectivity index (χ3v) is 4.78. The van der Waals surface area contributed by atoms with Gasteiger partial charge in [-0.05, 0) is 24.6 Å². The van der Waals surface area contributed by atoms with E-state index in [9.17, 15) is 4.79 Å². The van der Waals surface area contributed by atoms with Crippen LogP contribution in [0.4, 0.5) is 10.5 Å². The molecule has 3 saturated heterocycles. The monoisotopic (exact) mass is 305 g/mol. The second kappa shape index (κ2) is 3.85. The van der Waals surface area contributed by atoms with Crippen LogP contribution < -0.4 is 9.80 Å². The largest absolute Gasteiger partial charge is 0.511 e. The van der Waals surface area contributed by atoms with Gasteiger partial charge < -0.3 is 18.9 Å². The molecule has 0 aliphatic carbocycles. The van der Waals surface area contributed by atoms with Crippen molar-refractivity contribution in [3.8, 4) is 5.75 Å². The van der Waals surface area contributed by atoms with Crippen LogP contribution in [0.1, 0.15) is 17.0 Å². The van der Waals surface area contributed by atoms with Crippen molar-refractivity contribution >= 4 is 11.8 Å². The minimum Gasteiger partial charge on any atom is -0.496 e. The molecule has 4 aliphatic rings. The van der Waals surface area contributed by atoms with Crippen molar-refractivity contribution in [2.75, 3.05) is 25.3 Å². The van der Waals surface area contributed by atoms with Crippen LogP contribution in [-0.2, 0) is 19.0 Å². The zero-order valence-corrected chi connectivity index (χ0v) is 12.2. The van der Waals surface area contributed by atoms with Gasteiger partial charge in [-0.1, -0.05) is 0 Å². The van der Waals surface area contributed by atoms with E-state index >= 15 is 0 Å². The van der Waals surface area contributed by atoms with E-state index in [0.29, 0.717) is 6.54 Å². The highest BCUT2D eigenvalue weighted by atomic mass is 16.9. The summed E-state index contributed by atoms with van der Waals surface area (Å²) in [5, 5.41) is 1.76. The molecule has 0 radical (unpaired) electrons. The van der Waals surface area contributed by atoms with Crippen molar-refractivity contribution in [2.24, 2.45) is 0 Å². The number of carbonyl (C=O) groups is 1. The van der Waals surface area contributed by atoms with Gasteiger partial charge in [0.2, 0.25) is 0 Å². The van der Waals surface area contributed by atoms with E-state index in [4.69, 9.17) is 23.8 Å². The molecule has 1 aromatic carbocycles. The lowest BCUT2D eigenvalue weighted by atomic mass is 9.82. The molecule has 7 nitrogen and oxygen atoms in total. The molecule has 22 heavy (non-hydrogen) atoms. The van der Waals surface area contributed by atoms with Crippen LogP contribution in [0.5, 0.6) is 5.75 Å². The number of benzene rings is 1. The fraction of sp³-hybridized carbons (Fsp3) is 0.533. The van der Waals surface area contributed by atoms with Gasteiger partial charge in [-0.2, -0.15) is 0 Å². The lowest BCUT2D eigenvalue weighted by Gasteiger charge is -2.50. The average molecular weight is 305 g/mol. The summed E-state index contributed by atoms with van der Waals surface area (Å²) in [6.45, 7) is 2.80. The SMILES string of the molecule is COc1cc(C)cc2c1C1COC(=O)OC13ON2CC1OC13. The summed E-state index contributed by atoms with van der Waals surface area (Å²) in [7, 11) is 1.63. The van der Waals surface area contributed by atoms with E-state index in [1.807, 2.05) is 19.1 Å². The van der Waals surface area contributed by atoms with Gasteiger partial charge in [0.15, 0.2) is 6.10 Å². The number of epoxide rings is 1. The van der Waals surface area contributed by atoms with E-state index in [2.05, 4.69) is 0 Å². The van der Waals surface area contributed by atoms with Gasteiger partial charge in [0.05, 0.1) is 25.3 Å². The number of hydrogen-bond acceptors (Lipinski definition) is 7. The number of hydroxylamine groups is 1. The maximum atomic E-state index is 11.7. The molecule has 4 unspecified atom stereocenters. The Morgan fingerprint density at radius 3 is 3.09 bits per heavy atom. The number of hydrogen-bond donors (Lipinski definition) is 0. The van der Waals surface area contributed by atoms with E-state index in [-0.39, 0.29) is 24.7 Å². The van der Waals surface area contributed by atoms with Crippen LogP contribution in [0.25, 0.3) is 0 Å². The van der Waals surface area contributed by atoms with Crippen molar-refractivity contribution < 1.29 is 28.6 Å². The van der Waals surface area contributed by atoms with Crippen LogP contribution in [0.3, 0.4) is 0 Å². The number of ether oxygens (including phenoxy) is 4. The lowest BCUT2D eigenvalue weighted by molar-refractivity contribution is -0.279. The van der Waals surface area contributed by atoms with E-state index in [1.165, 1.54) is 0 Å². The molecule has 0 aromatic heterocycles. The highest BCUT2D eigenvalue weighted by Gasteiger charge is 2.72. The molecular formula is C15H15NO6. The highest BCUT2D eigenvalue weighted by molar-refractivity contribution is 5.68. The Morgan fingerprint density at radius 1 is 1.41 bits per heavy atom. The topological polar surface area (TPSA) is 69.8 Å². The first-order valence-corrected chi connectivity index (χ1v) is 7.29. The molecule has 0 saturated carbocycles. The summed E-state index contributed by atoms with van der Waals surface area (Å²) in [4.78, 5) is 17.7. The molecule has 2 bridgehead atoms. The molecule has 116 valence electrons. The van der Waals surface area contributed by atoms with Crippen molar-refractivity contribution in [3.63, 3.8) is 0 Å². The predicted octanol–water partition coefficient (Wildman–Crippen LogP) is 1.48. The fourth-order valence-corrected chi connectivity index (χ4v) is 3.80. The molecule has 4 atom stereocenters. The number of anilines is 1. The van der Waals surface area contributed by atoms with Gasteiger partial charge >= 0.3 is 6.16 Å². The Balaban J connectivity index is 1.75. The van der Waals surface area contributed by atoms with Crippen molar-refractivity contribution in [1.82, 2.24) is 0 Å². The molecule has 3 fully saturated rings. The Morgan fingerprint density at radius 2 is 2.27 bits per heavy atom. The third-order valence-electron chi connectivity index (χ3n) is 4.78. The second-order valence-corrected chi connectivity index (χ2v) is 6.08. The number of aryl methyl sites for hydroxylation is 1. The summed E-state index contributed by atoms with van der Waals surface area (Å²) >= 11 is 0. The van der Waals surface area contributed by atoms with E-state index in [1.54, 1.807) is 12.2 Å². The average Bonchev–Trinajstić information content (AvgIpc) is 3.27. The summed E-state index contributed by atoms with van der Waals surface area (Å²) in [5.41, 5.74) is 2.94. The zero-order valence-electron chi connectivity index (χ0n) is 12.2. The first-order chi connectivity index (χ1) is 10.6. The summed E-state index contributed by atoms with van der Waals surface area (Å²) in [6.07, 6.45) is -0.954. The minimum absolute atomic E-state index is 0.0156. The summed E-state index contributed by atoms with van der Waals surface area (Å²) < 4.78 is 21.9. The molecule has 4 aliphatic heterocycles. The van der Waals surface area contributed by atoms with Crippen molar-refractivity contribution in [2.45, 2.75) is 30.8 Å². The number of cyclic esters (lactones) is 1. The number of rotatable bonds is 1. The predicted molar refractivity (Wildman–Crippen MR) is 72.7 cm³/mol. The van der Waals surface area contributed by atoms with Gasteiger partial charge in [-0.3, -0.25) is 0 Å². The smallest absolute Gasteiger partial charge is 0.496 e. The normalized spacial score (nSPS) is 37.3. The Bertz CT molecular complexity index is 691. The molecule has 7 heteroatoms. The summed E-state index contributed by atoms with van der Waals surface area (Å²) in [6, 6.07) is 4.01. The van der Waals surface area contributed by atoms with Crippen molar-refractivity contribution in [1.29, 1.82) is 0 Å². The first-order valence-electron chi connectivity index (χ1n) is 7.29. The van der Waals surface area contributed by atoms with Gasteiger partial charge in [0.25, 0.3) is 5.79 Å². The third kappa shape index (κ3) is 1.40. The molecule has 5 rings (SSSR count). The highest BCUT2D eigenvalue weighted by Crippen LogP contribution is 2.58. The minimum atomic E-state index is -1.15. The van der Waals surface area contributed by atoms with Gasteiger partial charge in [-0.15, -0.1) is 0 Å². The quantitative estimate of drug-likeness (QED) is 0.575. The zero-order chi connectivity index (χ0) is 15.1. The van der Waals surface area contributed by atoms with E-state index in [0.717, 1.165) is 22.6 Å². The first kappa shape index (κ1) is 12.5. The number of methoxy groups -OCH3 is 1. The summed E-state index contributed by atoms with van der Waals surface area (Å²) in [5.74, 6) is -0.672. The van der Waals surface area contributed by atoms with Crippen LogP contribution in [0, 0.1) is 6.92 Å². The molecule has 1 aromatic rings. The maximum absolute atomic E-state index is 11.7. The number of nitrogens with zero attached hydrogens (tertiary/aromatic N) is 1. The van der Waals surface area contributed by atoms with E-state index < -0.39 is 11.9 Å². The fourth-order valence-electron chi connectivity index (χ4n) is 3.80. The molecule has 0 amide bonds. The van der Waals surface area contributed by atoms with Gasteiger partial charge in [-0.25, -0.2) is 14.7 Å². The second-order valence-electron chi connectivity index (χ2n) is 6.08. The maximum Gasteiger partial charge on any atom is 0.511 e. The van der Waals surface area contributed by atoms with Gasteiger partial charge in [0, 0.05) is 5.56 Å². The van der Waals surface area contributed by atoms with Crippen molar-refractivity contribution in [3.05, 3.63) is 23.3 Å². The van der Waals surface area contributed by atoms with Gasteiger partial charge in [0.1, 0.15) is 18.5 Å². The Labute approximate surface area is 126 Å². The van der Waals surface area contributed by atoms with Crippen LogP contribution in [0.2, 0.25) is 0 Å². The molecule has 1 spiro atoms. The Kier molecular flexibility index (Phi) is 2.20. The molecular weight excluding hydrogens is 290 g/mol. The van der Waals surface area contributed by atoms with Crippen LogP contribution >= 0.6 is 0 Å². The lowest BCUT2D eigenvalue weighted by Crippen LogP contribution is -2.63. The van der Waals surface area contributed by atoms with Crippen LogP contribution in [-0.4, -0.2) is 44.4 Å². The number of fused-ring (bicyclic) bond motifs is 5. The standard InChI is InChI=1S/C15H15NO6/c1-7-3-9-12(10(4-7)18-2)8-6-19-14(17)21-15(8)13-11(20-13)5-16(9)22-15/h3-4,8,11,13H,5-6H2,1-2H3. The molecule has 0 N–H and O–H groups in total. The Hall–Kier alpha value is -1.99. The van der Waals surface area contributed by atoms with Crippen LogP contribution in [0.15, 0.2) is 12.1 Å². The number of carbonyl (C=O) groups excluding carboxylic acids is 1. The molecule has 4 heterocycles.